The number of nitrogens with one attached hydrogen (secondary N) is 1. The molecule has 0 spiro atoms. The molecule has 4 fully saturated rings. The van der Waals surface area contributed by atoms with E-state index in [1.807, 2.05) is 38.4 Å². The molecule has 1 amide bonds. The summed E-state index contributed by atoms with van der Waals surface area (Å²) in [6.07, 6.45) is 6.46. The van der Waals surface area contributed by atoms with Gasteiger partial charge in [-0.25, -0.2) is 0 Å². The number of amides is 1. The number of hydrogen-bond donors (Lipinski definition) is 1. The fourth-order valence-corrected chi connectivity index (χ4v) is 6.54. The van der Waals surface area contributed by atoms with Crippen molar-refractivity contribution in [3.8, 4) is 0 Å². The average molecular weight is 475 g/mol. The maximum Gasteiger partial charge on any atom is 0.251 e. The normalized spacial score (nSPS) is 27.0. The highest BCUT2D eigenvalue weighted by molar-refractivity contribution is 5.94. The molecular weight excluding hydrogens is 432 g/mol. The van der Waals surface area contributed by atoms with Gasteiger partial charge in [0.2, 0.25) is 0 Å². The zero-order valence-electron chi connectivity index (χ0n) is 21.5. The predicted molar refractivity (Wildman–Crippen MR) is 144 cm³/mol. The van der Waals surface area contributed by atoms with Crippen LogP contribution < -0.4 is 10.2 Å². The third-order valence-corrected chi connectivity index (χ3v) is 8.73. The van der Waals surface area contributed by atoms with Crippen molar-refractivity contribution >= 4 is 11.6 Å². The smallest absolute Gasteiger partial charge is 0.251 e. The fraction of sp³-hybridized carbons (Fsp3) is 0.567. The second-order valence-electron chi connectivity index (χ2n) is 11.3. The molecule has 4 atom stereocenters. The zero-order valence-corrected chi connectivity index (χ0v) is 21.5. The van der Waals surface area contributed by atoms with Crippen LogP contribution in [-0.4, -0.2) is 75.1 Å². The maximum absolute atomic E-state index is 12.7. The van der Waals surface area contributed by atoms with E-state index in [0.717, 1.165) is 35.5 Å². The Bertz CT molecular complexity index is 952. The minimum Gasteiger partial charge on any atom is -0.378 e. The number of carbonyl (C=O) groups is 1. The summed E-state index contributed by atoms with van der Waals surface area (Å²) in [5, 5.41) is 3.22. The summed E-state index contributed by atoms with van der Waals surface area (Å²) >= 11 is 0. The van der Waals surface area contributed by atoms with Crippen LogP contribution in [-0.2, 0) is 6.42 Å². The Morgan fingerprint density at radius 2 is 1.71 bits per heavy atom. The van der Waals surface area contributed by atoms with Crippen LogP contribution in [0.25, 0.3) is 0 Å². The Kier molecular flexibility index (Phi) is 7.74. The van der Waals surface area contributed by atoms with E-state index < -0.39 is 0 Å². The first-order chi connectivity index (χ1) is 17.0. The third-order valence-electron chi connectivity index (χ3n) is 8.73. The lowest BCUT2D eigenvalue weighted by molar-refractivity contribution is -0.0151. The van der Waals surface area contributed by atoms with E-state index in [-0.39, 0.29) is 5.91 Å². The lowest BCUT2D eigenvalue weighted by Crippen LogP contribution is -2.58. The zero-order chi connectivity index (χ0) is 24.2. The van der Waals surface area contributed by atoms with Crippen LogP contribution in [0.5, 0.6) is 0 Å². The standard InChI is InChI=1S/C30H42N4O/c1-32(2)28-10-8-25(9-11-28)30(35)31-20-29-19-26-14-17-34(29)22-27(26)21-33-15-12-24(13-16-33)18-23-6-4-3-5-7-23/h3-11,24,26-27,29H,12-22H2,1-2H3,(H,31,35). The lowest BCUT2D eigenvalue weighted by atomic mass is 9.75. The van der Waals surface area contributed by atoms with E-state index in [2.05, 4.69) is 50.3 Å². The topological polar surface area (TPSA) is 38.8 Å². The van der Waals surface area contributed by atoms with E-state index >= 15 is 0 Å². The molecule has 0 aliphatic carbocycles. The molecule has 4 aliphatic heterocycles. The minimum atomic E-state index is 0.0490. The molecule has 4 saturated heterocycles. The number of carbonyl (C=O) groups excluding carboxylic acids is 1. The highest BCUT2D eigenvalue weighted by atomic mass is 16.1. The molecule has 5 heteroatoms. The summed E-state index contributed by atoms with van der Waals surface area (Å²) in [6, 6.07) is 19.4. The quantitative estimate of drug-likeness (QED) is 0.624. The molecular formula is C30H42N4O. The van der Waals surface area contributed by atoms with Gasteiger partial charge in [-0.15, -0.1) is 0 Å². The summed E-state index contributed by atoms with van der Waals surface area (Å²) in [4.78, 5) is 20.1. The summed E-state index contributed by atoms with van der Waals surface area (Å²) in [7, 11) is 4.03. The molecule has 2 aromatic rings. The molecule has 4 aliphatic rings. The lowest BCUT2D eigenvalue weighted by Gasteiger charge is -2.51. The molecule has 1 N–H and O–H groups in total. The van der Waals surface area contributed by atoms with Gasteiger partial charge in [-0.1, -0.05) is 30.3 Å². The summed E-state index contributed by atoms with van der Waals surface area (Å²) in [6.45, 7) is 6.93. The second kappa shape index (κ2) is 11.1. The van der Waals surface area contributed by atoms with Gasteiger partial charge in [0.15, 0.2) is 0 Å². The Morgan fingerprint density at radius 3 is 2.37 bits per heavy atom. The molecule has 6 rings (SSSR count). The molecule has 2 bridgehead atoms. The van der Waals surface area contributed by atoms with Crippen molar-refractivity contribution < 1.29 is 4.79 Å². The van der Waals surface area contributed by atoms with E-state index in [4.69, 9.17) is 0 Å². The summed E-state index contributed by atoms with van der Waals surface area (Å²) in [5.41, 5.74) is 3.36. The SMILES string of the molecule is CN(C)c1ccc(C(=O)NCC2CC3CCN2CC3CN2CCC(Cc3ccccc3)CC2)cc1. The van der Waals surface area contributed by atoms with Crippen molar-refractivity contribution in [2.75, 3.05) is 58.3 Å². The largest absolute Gasteiger partial charge is 0.378 e. The fourth-order valence-electron chi connectivity index (χ4n) is 6.54. The van der Waals surface area contributed by atoms with Crippen molar-refractivity contribution in [2.24, 2.45) is 17.8 Å². The van der Waals surface area contributed by atoms with Gasteiger partial charge in [0.1, 0.15) is 0 Å². The summed E-state index contributed by atoms with van der Waals surface area (Å²) < 4.78 is 0. The number of rotatable bonds is 8. The summed E-state index contributed by atoms with van der Waals surface area (Å²) in [5.74, 6) is 2.49. The van der Waals surface area contributed by atoms with Crippen molar-refractivity contribution in [2.45, 2.75) is 38.1 Å². The van der Waals surface area contributed by atoms with Crippen molar-refractivity contribution in [1.29, 1.82) is 0 Å². The van der Waals surface area contributed by atoms with Gasteiger partial charge in [-0.2, -0.15) is 0 Å². The van der Waals surface area contributed by atoms with Crippen LogP contribution in [0.4, 0.5) is 5.69 Å². The third kappa shape index (κ3) is 6.07. The molecule has 4 unspecified atom stereocenters. The monoisotopic (exact) mass is 474 g/mol. The number of anilines is 1. The Morgan fingerprint density at radius 1 is 0.971 bits per heavy atom. The highest BCUT2D eigenvalue weighted by Crippen LogP contribution is 2.37. The van der Waals surface area contributed by atoms with Crippen LogP contribution in [0.2, 0.25) is 0 Å². The van der Waals surface area contributed by atoms with Crippen molar-refractivity contribution in [3.05, 3.63) is 65.7 Å². The molecule has 0 aromatic heterocycles. The Labute approximate surface area is 211 Å². The first-order valence-corrected chi connectivity index (χ1v) is 13.6. The number of hydrogen-bond acceptors (Lipinski definition) is 4. The van der Waals surface area contributed by atoms with Gasteiger partial charge in [0, 0.05) is 51.0 Å². The Hall–Kier alpha value is -2.37. The second-order valence-corrected chi connectivity index (χ2v) is 11.3. The molecule has 188 valence electrons. The number of fused-ring (bicyclic) bond motifs is 3. The van der Waals surface area contributed by atoms with Gasteiger partial charge < -0.3 is 15.1 Å². The van der Waals surface area contributed by atoms with E-state index in [9.17, 15) is 4.79 Å². The van der Waals surface area contributed by atoms with Gasteiger partial charge in [0.25, 0.3) is 5.91 Å². The van der Waals surface area contributed by atoms with Crippen molar-refractivity contribution in [1.82, 2.24) is 15.1 Å². The van der Waals surface area contributed by atoms with Crippen molar-refractivity contribution in [3.63, 3.8) is 0 Å². The van der Waals surface area contributed by atoms with Crippen LogP contribution in [0.3, 0.4) is 0 Å². The van der Waals surface area contributed by atoms with Gasteiger partial charge >= 0.3 is 0 Å². The molecule has 0 saturated carbocycles. The highest BCUT2D eigenvalue weighted by Gasteiger charge is 2.40. The van der Waals surface area contributed by atoms with E-state index in [1.54, 1.807) is 0 Å². The molecule has 4 heterocycles. The van der Waals surface area contributed by atoms with Crippen LogP contribution in [0.15, 0.2) is 54.6 Å². The first kappa shape index (κ1) is 24.3. The molecule has 2 aromatic carbocycles. The van der Waals surface area contributed by atoms with E-state index in [0.29, 0.717) is 6.04 Å². The average Bonchev–Trinajstić information content (AvgIpc) is 2.89. The predicted octanol–water partition coefficient (Wildman–Crippen LogP) is 4.15. The van der Waals surface area contributed by atoms with Crippen LogP contribution in [0, 0.1) is 17.8 Å². The number of benzene rings is 2. The molecule has 0 radical (unpaired) electrons. The minimum absolute atomic E-state index is 0.0490. The van der Waals surface area contributed by atoms with E-state index in [1.165, 1.54) is 70.4 Å². The maximum atomic E-state index is 12.7. The van der Waals surface area contributed by atoms with Gasteiger partial charge in [-0.3, -0.25) is 9.69 Å². The van der Waals surface area contributed by atoms with Gasteiger partial charge in [-0.05, 0) is 99.3 Å². The van der Waals surface area contributed by atoms with Crippen LogP contribution in [0.1, 0.15) is 41.6 Å². The number of likely N-dealkylation sites (tertiary alicyclic amines) is 1. The van der Waals surface area contributed by atoms with Gasteiger partial charge in [0.05, 0.1) is 0 Å². The number of piperidine rings is 4. The van der Waals surface area contributed by atoms with Crippen LogP contribution >= 0.6 is 0 Å². The first-order valence-electron chi connectivity index (χ1n) is 13.6. The number of nitrogens with zero attached hydrogens (tertiary/aromatic N) is 3. The Balaban J connectivity index is 1.05. The molecule has 5 nitrogen and oxygen atoms in total. The molecule has 35 heavy (non-hydrogen) atoms.